The Bertz CT molecular complexity index is 5650. The molecule has 484 valence electrons. The van der Waals surface area contributed by atoms with Gasteiger partial charge in [-0.3, -0.25) is 0 Å². The second kappa shape index (κ2) is 29.5. The van der Waals surface area contributed by atoms with Crippen molar-refractivity contribution in [1.29, 1.82) is 0 Å². The zero-order valence-electron chi connectivity index (χ0n) is 57.1. The van der Waals surface area contributed by atoms with E-state index in [1.165, 1.54) is 28.0 Å². The minimum Gasteiger partial charge on any atom is -0.312 e. The van der Waals surface area contributed by atoms with Crippen molar-refractivity contribution in [2.24, 2.45) is 0 Å². The molecular weight excluding hydrogens is 1230 g/mol. The van der Waals surface area contributed by atoms with Gasteiger partial charge in [-0.15, -0.1) is 0 Å². The summed E-state index contributed by atoms with van der Waals surface area (Å²) in [5.74, 6) is 0. The number of nitrogens with zero attached hydrogens (tertiary/aromatic N) is 2. The number of benzene rings is 11. The van der Waals surface area contributed by atoms with Crippen LogP contribution in [0.25, 0.3) is 108 Å². The largest absolute Gasteiger partial charge is 0.312 e. The highest BCUT2D eigenvalue weighted by Gasteiger charge is 2.28. The smallest absolute Gasteiger partial charge is 0.0974 e. The summed E-state index contributed by atoms with van der Waals surface area (Å²) < 4.78 is 0. The predicted octanol–water partition coefficient (Wildman–Crippen LogP) is 27.1. The van der Waals surface area contributed by atoms with E-state index in [-0.39, 0.29) is 0 Å². The molecule has 0 unspecified atom stereocenters. The highest BCUT2D eigenvalue weighted by Crippen LogP contribution is 2.48. The Morgan fingerprint density at radius 3 is 1.19 bits per heavy atom. The van der Waals surface area contributed by atoms with Crippen molar-refractivity contribution in [3.63, 3.8) is 0 Å². The van der Waals surface area contributed by atoms with Crippen LogP contribution >= 0.6 is 0 Å². The topological polar surface area (TPSA) is 6.48 Å². The number of hydrogen-bond acceptors (Lipinski definition) is 2. The minimum atomic E-state index is 0.783. The van der Waals surface area contributed by atoms with Crippen molar-refractivity contribution in [2.75, 3.05) is 9.80 Å². The molecule has 0 bridgehead atoms. The molecule has 11 aromatic carbocycles. The van der Waals surface area contributed by atoms with Gasteiger partial charge in [0.25, 0.3) is 0 Å². The number of hydrogen-bond donors (Lipinski definition) is 0. The van der Waals surface area contributed by atoms with Crippen LogP contribution in [0.1, 0.15) is 64.6 Å². The molecule has 2 heteroatoms. The van der Waals surface area contributed by atoms with Crippen molar-refractivity contribution in [2.45, 2.75) is 25.7 Å². The molecule has 15 rings (SSSR count). The summed E-state index contributed by atoms with van der Waals surface area (Å²) >= 11 is 0. The summed E-state index contributed by atoms with van der Waals surface area (Å²) in [4.78, 5) is 4.86. The van der Waals surface area contributed by atoms with Gasteiger partial charge < -0.3 is 9.80 Å². The summed E-state index contributed by atoms with van der Waals surface area (Å²) in [5, 5.41) is 0. The van der Waals surface area contributed by atoms with Gasteiger partial charge in [-0.2, -0.15) is 0 Å². The van der Waals surface area contributed by atoms with Crippen molar-refractivity contribution in [1.82, 2.24) is 0 Å². The lowest BCUT2D eigenvalue weighted by atomic mass is 9.86. The molecule has 0 saturated carbocycles. The lowest BCUT2D eigenvalue weighted by Crippen LogP contribution is -2.23. The molecule has 0 spiro atoms. The van der Waals surface area contributed by atoms with Gasteiger partial charge in [0.05, 0.1) is 17.1 Å². The quantitative estimate of drug-likeness (QED) is 0.0662. The fraction of sp³-hybridized carbons (Fsp3) is 0.0400. The molecule has 4 aliphatic rings. The summed E-state index contributed by atoms with van der Waals surface area (Å²) in [5.41, 5.74) is 47.9. The zero-order valence-corrected chi connectivity index (χ0v) is 57.1. The standard InChI is InChI=1S/C100H74N2/c1-6-70-21-11-26-79(59-70)88-35-16-31-84(64-88)75-41-50-95(51-42-75)101(96-52-43-76(44-53-96)85-32-17-36-89(65-85)80-27-12-22-71(7-2)60-80)99-58-49-94(93-40-20-39-92(68-93)83-30-15-25-74(10-5)63-83)69-100(99)102(97-54-45-77(46-55-97)86-33-18-37-90(66-86)81-28-13-23-72(8-3)61-81)98-56-47-78(48-57-98)87-34-19-38-91(67-87)82-29-14-24-73(9-4)62-82/h6-16,18,20-31,33,35-43,45-47,49-52,54-56,58-69H,1-5,19,34,48,57H2. The average molecular weight is 1300 g/mol. The molecule has 0 aliphatic heterocycles. The van der Waals surface area contributed by atoms with Crippen LogP contribution < -0.4 is 9.80 Å². The Morgan fingerprint density at radius 2 is 0.725 bits per heavy atom. The summed E-state index contributed by atoms with van der Waals surface area (Å²) in [6.07, 6.45) is 31.1. The van der Waals surface area contributed by atoms with E-state index >= 15 is 0 Å². The second-order valence-electron chi connectivity index (χ2n) is 25.9. The lowest BCUT2D eigenvalue weighted by Gasteiger charge is -2.36. The fourth-order valence-electron chi connectivity index (χ4n) is 14.0. The molecule has 0 fully saturated rings. The molecular formula is C100H74N2. The van der Waals surface area contributed by atoms with Gasteiger partial charge in [-0.25, -0.2) is 0 Å². The Hall–Kier alpha value is -13.2. The normalized spacial score (nSPS) is 13.6. The average Bonchev–Trinajstić information content (AvgIpc) is 0.756. The third-order valence-electron chi connectivity index (χ3n) is 19.5. The van der Waals surface area contributed by atoms with Gasteiger partial charge in [0.2, 0.25) is 0 Å². The van der Waals surface area contributed by atoms with E-state index in [1.807, 2.05) is 36.5 Å². The van der Waals surface area contributed by atoms with E-state index in [9.17, 15) is 0 Å². The van der Waals surface area contributed by atoms with Crippen molar-refractivity contribution < 1.29 is 0 Å². The lowest BCUT2D eigenvalue weighted by molar-refractivity contribution is 0.851. The monoisotopic (exact) mass is 1300 g/mol. The zero-order chi connectivity index (χ0) is 69.3. The second-order valence-corrected chi connectivity index (χ2v) is 25.9. The first kappa shape index (κ1) is 64.7. The van der Waals surface area contributed by atoms with E-state index in [0.717, 1.165) is 171 Å². The summed E-state index contributed by atoms with van der Waals surface area (Å²) in [6, 6.07) is 94.4. The van der Waals surface area contributed by atoms with Crippen LogP contribution in [0.5, 0.6) is 0 Å². The molecule has 2 nitrogen and oxygen atoms in total. The Kier molecular flexibility index (Phi) is 18.7. The van der Waals surface area contributed by atoms with Gasteiger partial charge in [-0.1, -0.05) is 275 Å². The fourth-order valence-corrected chi connectivity index (χ4v) is 14.0. The van der Waals surface area contributed by atoms with Crippen molar-refractivity contribution >= 4 is 64.3 Å². The van der Waals surface area contributed by atoms with Crippen LogP contribution in [0.2, 0.25) is 0 Å². The van der Waals surface area contributed by atoms with E-state index in [1.54, 1.807) is 0 Å². The van der Waals surface area contributed by atoms with Crippen LogP contribution in [0.15, 0.2) is 399 Å². The molecule has 0 saturated heterocycles. The third-order valence-corrected chi connectivity index (χ3v) is 19.5. The number of anilines is 4. The van der Waals surface area contributed by atoms with Crippen LogP contribution in [0.3, 0.4) is 0 Å². The SMILES string of the molecule is C=Cc1cccc(C2=CCCC(C3=CC=C(N(c4ccc(-c5cccc(-c6cccc(C=C)c6)c5)cc4)c4cc(-c5cccc(-c6cccc(C=C)c6)c5)ccc4N(C4=C=C=C(C5=C=C=CC(c6cccc(C=C)c6)=C5)C=C4)c4ccc(-c5cccc(-c6cccc(C=C)c6)c5)cc4)CC3)=C2)c1. The molecule has 0 N–H and O–H groups in total. The molecule has 0 radical (unpaired) electrons. The third kappa shape index (κ3) is 14.0. The van der Waals surface area contributed by atoms with E-state index in [4.69, 9.17) is 0 Å². The Labute approximate surface area is 600 Å². The highest BCUT2D eigenvalue weighted by atomic mass is 15.2. The molecule has 102 heavy (non-hydrogen) atoms. The Balaban J connectivity index is 0.926. The molecule has 11 aromatic rings. The first-order chi connectivity index (χ1) is 50.2. The van der Waals surface area contributed by atoms with Crippen molar-refractivity contribution in [3.05, 3.63) is 438 Å². The van der Waals surface area contributed by atoms with E-state index in [0.29, 0.717) is 0 Å². The van der Waals surface area contributed by atoms with Gasteiger partial charge in [0.15, 0.2) is 0 Å². The van der Waals surface area contributed by atoms with Crippen LogP contribution in [-0.2, 0) is 0 Å². The predicted molar refractivity (Wildman–Crippen MR) is 437 cm³/mol. The molecule has 4 aliphatic carbocycles. The first-order valence-corrected chi connectivity index (χ1v) is 34.8. The van der Waals surface area contributed by atoms with Gasteiger partial charge in [-0.05, 0) is 275 Å². The Morgan fingerprint density at radius 1 is 0.304 bits per heavy atom. The molecule has 0 atom stereocenters. The maximum atomic E-state index is 4.11. The van der Waals surface area contributed by atoms with Crippen LogP contribution in [0.4, 0.5) is 22.7 Å². The van der Waals surface area contributed by atoms with E-state index < -0.39 is 0 Å². The maximum absolute atomic E-state index is 4.11. The van der Waals surface area contributed by atoms with Gasteiger partial charge in [0.1, 0.15) is 0 Å². The molecule has 0 aromatic heterocycles. The highest BCUT2D eigenvalue weighted by molar-refractivity contribution is 5.92. The van der Waals surface area contributed by atoms with Crippen LogP contribution in [-0.4, -0.2) is 0 Å². The molecule has 0 heterocycles. The molecule has 0 amide bonds. The van der Waals surface area contributed by atoms with Gasteiger partial charge in [0, 0.05) is 28.2 Å². The van der Waals surface area contributed by atoms with Crippen LogP contribution in [0, 0.1) is 0 Å². The van der Waals surface area contributed by atoms with Crippen molar-refractivity contribution in [3.8, 4) is 66.8 Å². The van der Waals surface area contributed by atoms with Gasteiger partial charge >= 0.3 is 0 Å². The number of rotatable bonds is 21. The number of allylic oxidation sites excluding steroid dienone is 15. The first-order valence-electron chi connectivity index (χ1n) is 34.8. The van der Waals surface area contributed by atoms with E-state index in [2.05, 4.69) is 369 Å². The maximum Gasteiger partial charge on any atom is 0.0974 e. The minimum absolute atomic E-state index is 0.783. The summed E-state index contributed by atoms with van der Waals surface area (Å²) in [6.45, 7) is 20.3. The summed E-state index contributed by atoms with van der Waals surface area (Å²) in [7, 11) is 0.